The topological polar surface area (TPSA) is 12.5 Å². The lowest BCUT2D eigenvalue weighted by molar-refractivity contribution is -0.137. The number of benzene rings is 3. The van der Waals surface area contributed by atoms with Crippen LogP contribution in [-0.2, 0) is 22.9 Å². The summed E-state index contributed by atoms with van der Waals surface area (Å²) in [4.78, 5) is 2.46. The molecule has 2 aliphatic rings. The summed E-state index contributed by atoms with van der Waals surface area (Å²) in [6.45, 7) is 4.03. The van der Waals surface area contributed by atoms with Crippen molar-refractivity contribution in [1.82, 2.24) is 4.90 Å². The van der Waals surface area contributed by atoms with Crippen LogP contribution in [0.25, 0.3) is 0 Å². The highest BCUT2D eigenvalue weighted by atomic mass is 35.5. The molecule has 0 aromatic heterocycles. The Labute approximate surface area is 211 Å². The number of ether oxygens (including phenoxy) is 1. The van der Waals surface area contributed by atoms with Crippen LogP contribution in [0, 0.1) is 0 Å². The zero-order valence-electron chi connectivity index (χ0n) is 19.6. The molecule has 2 aliphatic heterocycles. The Hall–Kier alpha value is -2.34. The monoisotopic (exact) mass is 501 g/mol. The van der Waals surface area contributed by atoms with E-state index in [0.29, 0.717) is 13.2 Å². The highest BCUT2D eigenvalue weighted by Crippen LogP contribution is 2.42. The minimum absolute atomic E-state index is 0. The van der Waals surface area contributed by atoms with E-state index in [4.69, 9.17) is 4.74 Å². The second kappa shape index (κ2) is 10.7. The number of hydrogen-bond donors (Lipinski definition) is 0. The second-order valence-electron chi connectivity index (χ2n) is 9.59. The van der Waals surface area contributed by atoms with E-state index >= 15 is 0 Å². The van der Waals surface area contributed by atoms with E-state index in [-0.39, 0.29) is 23.7 Å². The third-order valence-corrected chi connectivity index (χ3v) is 7.59. The van der Waals surface area contributed by atoms with Crippen molar-refractivity contribution in [3.63, 3.8) is 0 Å². The van der Waals surface area contributed by atoms with E-state index in [1.54, 1.807) is 0 Å². The van der Waals surface area contributed by atoms with Crippen molar-refractivity contribution in [2.75, 3.05) is 26.2 Å². The number of fused-ring (bicyclic) bond motifs is 1. The number of halogens is 4. The molecule has 3 aromatic carbocycles. The highest BCUT2D eigenvalue weighted by molar-refractivity contribution is 5.85. The molecule has 6 heteroatoms. The predicted octanol–water partition coefficient (Wildman–Crippen LogP) is 7.21. The molecule has 5 rings (SSSR count). The van der Waals surface area contributed by atoms with Crippen LogP contribution in [0.3, 0.4) is 0 Å². The largest absolute Gasteiger partial charge is 0.416 e. The van der Waals surface area contributed by atoms with Gasteiger partial charge in [-0.2, -0.15) is 13.2 Å². The maximum Gasteiger partial charge on any atom is 0.416 e. The fourth-order valence-electron chi connectivity index (χ4n) is 5.68. The van der Waals surface area contributed by atoms with Gasteiger partial charge >= 0.3 is 6.18 Å². The van der Waals surface area contributed by atoms with Gasteiger partial charge in [0.25, 0.3) is 0 Å². The minimum atomic E-state index is -4.29. The van der Waals surface area contributed by atoms with Gasteiger partial charge in [0.2, 0.25) is 0 Å². The lowest BCUT2D eigenvalue weighted by Gasteiger charge is -2.42. The van der Waals surface area contributed by atoms with E-state index in [2.05, 4.69) is 53.4 Å². The Morgan fingerprint density at radius 3 is 2.34 bits per heavy atom. The third-order valence-electron chi connectivity index (χ3n) is 7.59. The van der Waals surface area contributed by atoms with Gasteiger partial charge in [-0.15, -0.1) is 12.4 Å². The Bertz CT molecular complexity index is 1110. The molecular weight excluding hydrogens is 471 g/mol. The maximum atomic E-state index is 13.1. The number of hydrogen-bond acceptors (Lipinski definition) is 2. The Balaban J connectivity index is 0.00000289. The highest BCUT2D eigenvalue weighted by Gasteiger charge is 2.39. The maximum absolute atomic E-state index is 13.1. The van der Waals surface area contributed by atoms with Gasteiger partial charge in [-0.1, -0.05) is 72.8 Å². The van der Waals surface area contributed by atoms with Gasteiger partial charge in [-0.3, -0.25) is 0 Å². The van der Waals surface area contributed by atoms with Crippen molar-refractivity contribution < 1.29 is 17.9 Å². The van der Waals surface area contributed by atoms with Crippen LogP contribution in [-0.4, -0.2) is 31.1 Å². The molecule has 1 atom stereocenters. The molecule has 0 amide bonds. The van der Waals surface area contributed by atoms with E-state index in [1.165, 1.54) is 28.8 Å². The number of alkyl halides is 3. The lowest BCUT2D eigenvalue weighted by Crippen LogP contribution is -2.42. The van der Waals surface area contributed by atoms with Gasteiger partial charge in [0.1, 0.15) is 0 Å². The molecule has 0 aliphatic carbocycles. The van der Waals surface area contributed by atoms with Crippen LogP contribution >= 0.6 is 12.4 Å². The summed E-state index contributed by atoms with van der Waals surface area (Å²) >= 11 is 0. The fourth-order valence-corrected chi connectivity index (χ4v) is 5.68. The molecule has 3 aromatic rings. The van der Waals surface area contributed by atoms with Crippen molar-refractivity contribution in [1.29, 1.82) is 0 Å². The van der Waals surface area contributed by atoms with Crippen LogP contribution < -0.4 is 0 Å². The number of nitrogens with zero attached hydrogens (tertiary/aromatic N) is 1. The molecule has 0 spiro atoms. The van der Waals surface area contributed by atoms with Crippen molar-refractivity contribution in [2.24, 2.45) is 0 Å². The lowest BCUT2D eigenvalue weighted by atomic mass is 9.70. The van der Waals surface area contributed by atoms with Crippen LogP contribution in [0.2, 0.25) is 0 Å². The smallest absolute Gasteiger partial charge is 0.375 e. The van der Waals surface area contributed by atoms with E-state index in [0.717, 1.165) is 50.5 Å². The first-order chi connectivity index (χ1) is 16.5. The zero-order chi connectivity index (χ0) is 23.6. The van der Waals surface area contributed by atoms with E-state index < -0.39 is 11.7 Å². The van der Waals surface area contributed by atoms with Gasteiger partial charge < -0.3 is 9.64 Å². The molecule has 1 fully saturated rings. The zero-order valence-corrected chi connectivity index (χ0v) is 20.5. The Morgan fingerprint density at radius 1 is 0.886 bits per heavy atom. The summed E-state index contributed by atoms with van der Waals surface area (Å²) in [7, 11) is 0. The SMILES string of the molecule is Cl.FC(F)(F)c1cccc(C2CCN(CCC3(c4ccccc4)COCc4ccccc43)CC2)c1. The number of likely N-dealkylation sites (tertiary alicyclic amines) is 1. The molecule has 186 valence electrons. The summed E-state index contributed by atoms with van der Waals surface area (Å²) in [6, 6.07) is 25.1. The summed E-state index contributed by atoms with van der Waals surface area (Å²) in [6.07, 6.45) is -1.58. The summed E-state index contributed by atoms with van der Waals surface area (Å²) < 4.78 is 45.5. The average molecular weight is 502 g/mol. The van der Waals surface area contributed by atoms with E-state index in [1.807, 2.05) is 12.1 Å². The molecule has 0 radical (unpaired) electrons. The van der Waals surface area contributed by atoms with Crippen molar-refractivity contribution >= 4 is 12.4 Å². The van der Waals surface area contributed by atoms with Crippen LogP contribution in [0.1, 0.15) is 53.0 Å². The molecule has 2 heterocycles. The Morgan fingerprint density at radius 2 is 1.60 bits per heavy atom. The summed E-state index contributed by atoms with van der Waals surface area (Å²) in [5.41, 5.74) is 3.96. The number of rotatable bonds is 5. The van der Waals surface area contributed by atoms with Crippen LogP contribution in [0.15, 0.2) is 78.9 Å². The summed E-state index contributed by atoms with van der Waals surface area (Å²) in [5.74, 6) is 0.181. The first-order valence-electron chi connectivity index (χ1n) is 12.1. The van der Waals surface area contributed by atoms with Gasteiger partial charge in [-0.05, 0) is 73.1 Å². The minimum Gasteiger partial charge on any atom is -0.375 e. The first-order valence-corrected chi connectivity index (χ1v) is 12.1. The molecule has 0 saturated carbocycles. The quantitative estimate of drug-likeness (QED) is 0.366. The standard InChI is InChI=1S/C29H30F3NO.ClH/c30-29(31,32)26-11-6-8-23(19-26)22-13-16-33(17-14-22)18-15-28(25-9-2-1-3-10-25)21-34-20-24-7-4-5-12-27(24)28;/h1-12,19,22H,13-18,20-21H2;1H. The van der Waals surface area contributed by atoms with Crippen molar-refractivity contribution in [2.45, 2.75) is 43.4 Å². The molecule has 0 N–H and O–H groups in total. The molecule has 0 bridgehead atoms. The van der Waals surface area contributed by atoms with Crippen molar-refractivity contribution in [3.8, 4) is 0 Å². The Kier molecular flexibility index (Phi) is 7.89. The van der Waals surface area contributed by atoms with Gasteiger partial charge in [0, 0.05) is 5.41 Å². The molecular formula is C29H31ClF3NO. The van der Waals surface area contributed by atoms with Crippen LogP contribution in [0.5, 0.6) is 0 Å². The molecule has 2 nitrogen and oxygen atoms in total. The van der Waals surface area contributed by atoms with Crippen molar-refractivity contribution in [3.05, 3.63) is 107 Å². The predicted molar refractivity (Wildman–Crippen MR) is 135 cm³/mol. The van der Waals surface area contributed by atoms with Gasteiger partial charge in [0.05, 0.1) is 18.8 Å². The normalized spacial score (nSPS) is 21.2. The van der Waals surface area contributed by atoms with E-state index in [9.17, 15) is 13.2 Å². The average Bonchev–Trinajstić information content (AvgIpc) is 2.88. The molecule has 35 heavy (non-hydrogen) atoms. The number of piperidine rings is 1. The van der Waals surface area contributed by atoms with Gasteiger partial charge in [-0.25, -0.2) is 0 Å². The first kappa shape index (κ1) is 25.7. The molecule has 1 unspecified atom stereocenters. The second-order valence-corrected chi connectivity index (χ2v) is 9.59. The molecule has 1 saturated heterocycles. The van der Waals surface area contributed by atoms with Gasteiger partial charge in [0.15, 0.2) is 0 Å². The fraction of sp³-hybridized carbons (Fsp3) is 0.379. The third kappa shape index (κ3) is 5.42. The van der Waals surface area contributed by atoms with Crippen LogP contribution in [0.4, 0.5) is 13.2 Å². The summed E-state index contributed by atoms with van der Waals surface area (Å²) in [5, 5.41) is 0.